The van der Waals surface area contributed by atoms with Crippen LogP contribution in [0, 0.1) is 18.8 Å². The van der Waals surface area contributed by atoms with E-state index >= 15 is 0 Å². The van der Waals surface area contributed by atoms with Crippen molar-refractivity contribution in [2.24, 2.45) is 11.8 Å². The quantitative estimate of drug-likeness (QED) is 0.203. The van der Waals surface area contributed by atoms with Crippen LogP contribution in [0.3, 0.4) is 0 Å². The van der Waals surface area contributed by atoms with Crippen LogP contribution in [0.15, 0.2) is 42.5 Å². The number of hydrogen-bond donors (Lipinski definition) is 1. The Labute approximate surface area is 222 Å². The molecule has 1 N–H and O–H groups in total. The van der Waals surface area contributed by atoms with Gasteiger partial charge in [0.1, 0.15) is 0 Å². The third-order valence-electron chi connectivity index (χ3n) is 9.16. The van der Waals surface area contributed by atoms with Gasteiger partial charge >= 0.3 is 15.6 Å². The smallest absolute Gasteiger partial charge is 0.381 e. The van der Waals surface area contributed by atoms with Crippen LogP contribution in [0.25, 0.3) is 21.5 Å². The second-order valence-corrected chi connectivity index (χ2v) is 12.7. The van der Waals surface area contributed by atoms with Gasteiger partial charge in [-0.1, -0.05) is 49.6 Å². The van der Waals surface area contributed by atoms with E-state index in [2.05, 4.69) is 49.4 Å². The van der Waals surface area contributed by atoms with Crippen molar-refractivity contribution in [3.63, 3.8) is 0 Å². The minimum atomic E-state index is -5.84. The Hall–Kier alpha value is -2.16. The molecule has 0 spiro atoms. The number of methoxy groups -OCH3 is 1. The van der Waals surface area contributed by atoms with Crippen molar-refractivity contribution in [2.45, 2.75) is 81.7 Å². The maximum absolute atomic E-state index is 10.7. The number of rotatable bonds is 3. The highest BCUT2D eigenvalue weighted by atomic mass is 32.2. The van der Waals surface area contributed by atoms with E-state index in [9.17, 15) is 13.2 Å². The fraction of sp³-hybridized carbons (Fsp3) is 0.533. The molecule has 0 aliphatic heterocycles. The van der Waals surface area contributed by atoms with E-state index in [-0.39, 0.29) is 0 Å². The lowest BCUT2D eigenvalue weighted by molar-refractivity contribution is -0.0510. The largest absolute Gasteiger partial charge is 0.522 e. The molecule has 5 atom stereocenters. The highest BCUT2D eigenvalue weighted by molar-refractivity contribution is 7.86. The number of fused-ring (bicyclic) bond motifs is 4. The van der Waals surface area contributed by atoms with E-state index in [1.807, 2.05) is 7.11 Å². The predicted molar refractivity (Wildman–Crippen MR) is 144 cm³/mol. The van der Waals surface area contributed by atoms with Crippen LogP contribution in [-0.2, 0) is 14.9 Å². The molecule has 0 radical (unpaired) electrons. The van der Waals surface area contributed by atoms with E-state index in [0.717, 1.165) is 17.8 Å². The summed E-state index contributed by atoms with van der Waals surface area (Å²) in [5.41, 5.74) is -0.667. The summed E-state index contributed by atoms with van der Waals surface area (Å²) in [4.78, 5) is 0. The SMILES string of the molecule is COC1CCCCC1c1c(C)c(C2CC3CCC2C3)cc2cc3ccccc3cc12.O=S(=O)(O)C(F)(F)F. The molecule has 3 fully saturated rings. The molecule has 4 nitrogen and oxygen atoms in total. The molecular weight excluding hydrogens is 513 g/mol. The second-order valence-electron chi connectivity index (χ2n) is 11.3. The average molecular weight is 549 g/mol. The lowest BCUT2D eigenvalue weighted by Gasteiger charge is -2.34. The molecule has 8 heteroatoms. The molecule has 3 aromatic carbocycles. The highest BCUT2D eigenvalue weighted by Gasteiger charge is 2.44. The fourth-order valence-corrected chi connectivity index (χ4v) is 7.44. The first-order valence-electron chi connectivity index (χ1n) is 13.5. The van der Waals surface area contributed by atoms with Crippen molar-refractivity contribution in [1.29, 1.82) is 0 Å². The van der Waals surface area contributed by atoms with Gasteiger partial charge in [0.15, 0.2) is 0 Å². The molecule has 3 saturated carbocycles. The third kappa shape index (κ3) is 5.19. The molecule has 3 aromatic rings. The summed E-state index contributed by atoms with van der Waals surface area (Å²) in [6.07, 6.45) is 11.3. The molecule has 0 heterocycles. The molecule has 3 aliphatic carbocycles. The van der Waals surface area contributed by atoms with Crippen molar-refractivity contribution >= 4 is 31.7 Å². The third-order valence-corrected chi connectivity index (χ3v) is 9.75. The summed E-state index contributed by atoms with van der Waals surface area (Å²) >= 11 is 0. The van der Waals surface area contributed by atoms with E-state index < -0.39 is 15.6 Å². The number of hydrogen-bond acceptors (Lipinski definition) is 3. The van der Waals surface area contributed by atoms with E-state index in [0.29, 0.717) is 12.0 Å². The lowest BCUT2D eigenvalue weighted by atomic mass is 9.73. The lowest BCUT2D eigenvalue weighted by Crippen LogP contribution is -2.26. The summed E-state index contributed by atoms with van der Waals surface area (Å²) in [6.45, 7) is 2.44. The molecular formula is C30H35F3O4S. The van der Waals surface area contributed by atoms with Crippen LogP contribution in [0.4, 0.5) is 13.2 Å². The molecule has 0 saturated heterocycles. The first-order valence-corrected chi connectivity index (χ1v) is 14.9. The van der Waals surface area contributed by atoms with Crippen molar-refractivity contribution in [1.82, 2.24) is 0 Å². The molecule has 6 rings (SSSR count). The van der Waals surface area contributed by atoms with Gasteiger partial charge in [-0.05, 0) is 107 Å². The monoisotopic (exact) mass is 548 g/mol. The maximum Gasteiger partial charge on any atom is 0.522 e. The van der Waals surface area contributed by atoms with E-state index in [1.54, 1.807) is 16.7 Å². The minimum absolute atomic E-state index is 0.363. The Bertz CT molecular complexity index is 1430. The number of halogens is 3. The summed E-state index contributed by atoms with van der Waals surface area (Å²) in [7, 11) is -3.91. The second kappa shape index (κ2) is 10.4. The van der Waals surface area contributed by atoms with Crippen LogP contribution in [0.1, 0.15) is 79.9 Å². The zero-order valence-electron chi connectivity index (χ0n) is 21.8. The molecule has 2 bridgehead atoms. The Morgan fingerprint density at radius 2 is 1.55 bits per heavy atom. The Morgan fingerprint density at radius 3 is 2.13 bits per heavy atom. The Morgan fingerprint density at radius 1 is 0.895 bits per heavy atom. The van der Waals surface area contributed by atoms with Gasteiger partial charge in [-0.3, -0.25) is 4.55 Å². The summed E-state index contributed by atoms with van der Waals surface area (Å²) in [5.74, 6) is 3.22. The van der Waals surface area contributed by atoms with Crippen LogP contribution < -0.4 is 0 Å². The van der Waals surface area contributed by atoms with E-state index in [1.165, 1.54) is 72.9 Å². The highest BCUT2D eigenvalue weighted by Crippen LogP contribution is 2.55. The summed E-state index contributed by atoms with van der Waals surface area (Å²) < 4.78 is 63.6. The van der Waals surface area contributed by atoms with Crippen LogP contribution in [0.2, 0.25) is 0 Å². The van der Waals surface area contributed by atoms with Crippen molar-refractivity contribution in [3.05, 3.63) is 59.2 Å². The average Bonchev–Trinajstić information content (AvgIpc) is 3.51. The Balaban J connectivity index is 0.000000323. The molecule has 3 aliphatic rings. The zero-order chi connectivity index (χ0) is 27.2. The van der Waals surface area contributed by atoms with Crippen molar-refractivity contribution < 1.29 is 30.9 Å². The van der Waals surface area contributed by atoms with Gasteiger partial charge in [0.2, 0.25) is 0 Å². The molecule has 0 aromatic heterocycles. The van der Waals surface area contributed by atoms with Gasteiger partial charge in [-0.25, -0.2) is 0 Å². The van der Waals surface area contributed by atoms with E-state index in [4.69, 9.17) is 17.7 Å². The summed E-state index contributed by atoms with van der Waals surface area (Å²) in [6, 6.07) is 16.4. The predicted octanol–water partition coefficient (Wildman–Crippen LogP) is 8.27. The van der Waals surface area contributed by atoms with Crippen LogP contribution >= 0.6 is 0 Å². The number of benzene rings is 3. The fourth-order valence-electron chi connectivity index (χ4n) is 7.44. The van der Waals surface area contributed by atoms with Crippen molar-refractivity contribution in [3.8, 4) is 0 Å². The maximum atomic E-state index is 10.7. The molecule has 0 amide bonds. The van der Waals surface area contributed by atoms with Gasteiger partial charge in [0.25, 0.3) is 0 Å². The minimum Gasteiger partial charge on any atom is -0.381 e. The van der Waals surface area contributed by atoms with Gasteiger partial charge in [0, 0.05) is 13.0 Å². The first-order chi connectivity index (χ1) is 18.0. The molecule has 38 heavy (non-hydrogen) atoms. The van der Waals surface area contributed by atoms with Gasteiger partial charge in [-0.2, -0.15) is 21.6 Å². The normalized spacial score (nSPS) is 27.5. The Kier molecular flexibility index (Phi) is 7.52. The first kappa shape index (κ1) is 27.4. The summed E-state index contributed by atoms with van der Waals surface area (Å²) in [5, 5.41) is 5.66. The molecule has 206 valence electrons. The van der Waals surface area contributed by atoms with Crippen LogP contribution in [0.5, 0.6) is 0 Å². The van der Waals surface area contributed by atoms with Gasteiger partial charge in [0.05, 0.1) is 6.10 Å². The van der Waals surface area contributed by atoms with Crippen molar-refractivity contribution in [2.75, 3.05) is 7.11 Å². The molecule has 5 unspecified atom stereocenters. The van der Waals surface area contributed by atoms with Gasteiger partial charge in [-0.15, -0.1) is 0 Å². The zero-order valence-corrected chi connectivity index (χ0v) is 22.6. The van der Waals surface area contributed by atoms with Crippen LogP contribution in [-0.4, -0.2) is 31.7 Å². The van der Waals surface area contributed by atoms with Gasteiger partial charge < -0.3 is 4.74 Å². The number of alkyl halides is 3. The topological polar surface area (TPSA) is 63.6 Å². The number of ether oxygens (including phenoxy) is 1. The standard InChI is InChI=1S/C29H34O.CHF3O3S/c1-18-25(26-14-19-11-12-22(26)13-19)17-23-15-20-7-3-4-8-21(20)16-27(23)29(18)24-9-5-6-10-28(24)30-2;2-1(3,4)8(5,6)7/h3-4,7-8,15-17,19,22,24,26,28H,5-6,9-14H2,1-2H3;(H,5,6,7).